The van der Waals surface area contributed by atoms with Crippen LogP contribution in [-0.4, -0.2) is 16.0 Å². The summed E-state index contributed by atoms with van der Waals surface area (Å²) in [6, 6.07) is 38.6. The van der Waals surface area contributed by atoms with Crippen LogP contribution in [0.1, 0.15) is 30.0 Å². The van der Waals surface area contributed by atoms with Crippen LogP contribution < -0.4 is 9.80 Å². The predicted octanol–water partition coefficient (Wildman–Crippen LogP) is 10.6. The van der Waals surface area contributed by atoms with E-state index in [9.17, 15) is 0 Å². The van der Waals surface area contributed by atoms with Crippen molar-refractivity contribution in [3.05, 3.63) is 150 Å². The molecule has 5 aromatic carbocycles. The summed E-state index contributed by atoms with van der Waals surface area (Å²) in [5.41, 5.74) is 13.9. The van der Waals surface area contributed by atoms with Crippen LogP contribution in [0.3, 0.4) is 0 Å². The van der Waals surface area contributed by atoms with E-state index >= 15 is 0 Å². The summed E-state index contributed by atoms with van der Waals surface area (Å²) in [6.45, 7) is 8.76. The van der Waals surface area contributed by atoms with Gasteiger partial charge in [0.2, 0.25) is 0 Å². The van der Waals surface area contributed by atoms with Crippen LogP contribution >= 0.6 is 0 Å². The minimum Gasteiger partial charge on any atom is -0.332 e. The number of allylic oxidation sites excluding steroid dienone is 2. The molecule has 6 aromatic rings. The van der Waals surface area contributed by atoms with Crippen molar-refractivity contribution in [2.75, 3.05) is 9.80 Å². The summed E-state index contributed by atoms with van der Waals surface area (Å²) in [5, 5.41) is 0. The van der Waals surface area contributed by atoms with Crippen LogP contribution in [0.2, 0.25) is 0 Å². The van der Waals surface area contributed by atoms with E-state index in [1.54, 1.807) is 0 Å². The first kappa shape index (κ1) is 27.6. The summed E-state index contributed by atoms with van der Waals surface area (Å²) in [5.74, 6) is 0. The largest absolute Gasteiger partial charge is 0.332 e. The molecule has 0 amide bonds. The number of para-hydroxylation sites is 5. The highest BCUT2D eigenvalue weighted by Gasteiger charge is 2.28. The van der Waals surface area contributed by atoms with Crippen molar-refractivity contribution in [3.63, 3.8) is 0 Å². The molecule has 0 aliphatic heterocycles. The Morgan fingerprint density at radius 3 is 1.55 bits per heavy atom. The van der Waals surface area contributed by atoms with Crippen molar-refractivity contribution in [2.45, 2.75) is 40.2 Å². The van der Waals surface area contributed by atoms with Crippen molar-refractivity contribution >= 4 is 50.5 Å². The first-order valence-electron chi connectivity index (χ1n) is 15.3. The van der Waals surface area contributed by atoms with Gasteiger partial charge in [-0.25, -0.2) is 9.97 Å². The molecule has 1 aliphatic carbocycles. The number of hydrogen-bond acceptors (Lipinski definition) is 4. The van der Waals surface area contributed by atoms with Gasteiger partial charge in [-0.3, -0.25) is 0 Å². The highest BCUT2D eigenvalue weighted by atomic mass is 15.2. The molecule has 1 aromatic heterocycles. The molecule has 0 spiro atoms. The Balaban J connectivity index is 1.57. The monoisotopic (exact) mass is 572 g/mol. The number of fused-ring (bicyclic) bond motifs is 2. The first-order chi connectivity index (χ1) is 21.5. The minimum absolute atomic E-state index is 0.159. The van der Waals surface area contributed by atoms with Gasteiger partial charge in [-0.05, 0) is 93.3 Å². The van der Waals surface area contributed by atoms with Gasteiger partial charge in [0.15, 0.2) is 0 Å². The van der Waals surface area contributed by atoms with E-state index in [1.165, 1.54) is 28.0 Å². The highest BCUT2D eigenvalue weighted by Crippen LogP contribution is 2.45. The molecule has 0 bridgehead atoms. The van der Waals surface area contributed by atoms with Crippen molar-refractivity contribution in [1.82, 2.24) is 9.97 Å². The third-order valence-electron chi connectivity index (χ3n) is 8.73. The van der Waals surface area contributed by atoms with Gasteiger partial charge >= 0.3 is 0 Å². The van der Waals surface area contributed by atoms with Crippen molar-refractivity contribution < 1.29 is 0 Å². The Labute approximate surface area is 259 Å². The standard InChI is InChI=1S/C40H36N4/c1-27-15-5-11-21-33(27)43(34-22-12-6-16-28(34)2)37-25-26-38(40-39(37)41-31-19-9-10-20-32(31)42-40)44(35-23-13-7-17-29(35)3)36-24-14-8-18-30(36)4/h5-23,25-26,36H,24H2,1-4H3. The zero-order valence-electron chi connectivity index (χ0n) is 25.7. The number of aryl methyl sites for hydroxylation is 3. The zero-order valence-corrected chi connectivity index (χ0v) is 25.7. The average Bonchev–Trinajstić information content (AvgIpc) is 3.04. The molecule has 216 valence electrons. The lowest BCUT2D eigenvalue weighted by Crippen LogP contribution is -2.33. The van der Waals surface area contributed by atoms with E-state index in [-0.39, 0.29) is 6.04 Å². The molecule has 1 unspecified atom stereocenters. The lowest BCUT2D eigenvalue weighted by atomic mass is 9.96. The minimum atomic E-state index is 0.159. The van der Waals surface area contributed by atoms with Crippen molar-refractivity contribution in [2.24, 2.45) is 0 Å². The van der Waals surface area contributed by atoms with Gasteiger partial charge < -0.3 is 9.80 Å². The van der Waals surface area contributed by atoms with E-state index < -0.39 is 0 Å². The second kappa shape index (κ2) is 11.5. The van der Waals surface area contributed by atoms with Crippen LogP contribution in [-0.2, 0) is 0 Å². The number of aromatic nitrogens is 2. The molecule has 0 fully saturated rings. The van der Waals surface area contributed by atoms with Crippen LogP contribution in [0, 0.1) is 20.8 Å². The summed E-state index contributed by atoms with van der Waals surface area (Å²) in [7, 11) is 0. The Morgan fingerprint density at radius 1 is 0.523 bits per heavy atom. The molecule has 0 radical (unpaired) electrons. The van der Waals surface area contributed by atoms with Gasteiger partial charge in [-0.2, -0.15) is 0 Å². The third kappa shape index (κ3) is 4.83. The number of hydrogen-bond donors (Lipinski definition) is 0. The molecule has 0 N–H and O–H groups in total. The van der Waals surface area contributed by atoms with Crippen molar-refractivity contribution in [3.8, 4) is 0 Å². The molecular weight excluding hydrogens is 536 g/mol. The lowest BCUT2D eigenvalue weighted by molar-refractivity contribution is 0.741. The van der Waals surface area contributed by atoms with E-state index in [0.29, 0.717) is 0 Å². The fourth-order valence-electron chi connectivity index (χ4n) is 6.40. The van der Waals surface area contributed by atoms with Gasteiger partial charge in [0.05, 0.1) is 28.5 Å². The fourth-order valence-corrected chi connectivity index (χ4v) is 6.40. The summed E-state index contributed by atoms with van der Waals surface area (Å²) >= 11 is 0. The van der Waals surface area contributed by atoms with Gasteiger partial charge in [0, 0.05) is 17.1 Å². The Bertz CT molecular complexity index is 2030. The molecule has 44 heavy (non-hydrogen) atoms. The summed E-state index contributed by atoms with van der Waals surface area (Å²) in [4.78, 5) is 15.6. The number of nitrogens with zero attached hydrogens (tertiary/aromatic N) is 4. The molecule has 4 heteroatoms. The Morgan fingerprint density at radius 2 is 1.00 bits per heavy atom. The average molecular weight is 573 g/mol. The second-order valence-electron chi connectivity index (χ2n) is 11.7. The van der Waals surface area contributed by atoms with Crippen LogP contribution in [0.5, 0.6) is 0 Å². The van der Waals surface area contributed by atoms with Gasteiger partial charge in [0.25, 0.3) is 0 Å². The van der Waals surface area contributed by atoms with Crippen LogP contribution in [0.25, 0.3) is 22.1 Å². The fraction of sp³-hybridized carbons (Fsp3) is 0.150. The molecule has 7 rings (SSSR count). The number of rotatable bonds is 6. The number of benzene rings is 5. The summed E-state index contributed by atoms with van der Waals surface area (Å²) in [6.07, 6.45) is 7.58. The van der Waals surface area contributed by atoms with Gasteiger partial charge in [-0.1, -0.05) is 90.5 Å². The quantitative estimate of drug-likeness (QED) is 0.186. The van der Waals surface area contributed by atoms with Crippen LogP contribution in [0.15, 0.2) is 133 Å². The van der Waals surface area contributed by atoms with E-state index in [0.717, 1.165) is 51.2 Å². The lowest BCUT2D eigenvalue weighted by Gasteiger charge is -2.37. The smallest absolute Gasteiger partial charge is 0.116 e. The molecule has 0 saturated heterocycles. The molecule has 0 saturated carbocycles. The van der Waals surface area contributed by atoms with E-state index in [4.69, 9.17) is 9.97 Å². The molecule has 1 atom stereocenters. The van der Waals surface area contributed by atoms with Crippen molar-refractivity contribution in [1.29, 1.82) is 0 Å². The highest BCUT2D eigenvalue weighted by molar-refractivity contribution is 6.05. The maximum Gasteiger partial charge on any atom is 0.116 e. The third-order valence-corrected chi connectivity index (χ3v) is 8.73. The predicted molar refractivity (Wildman–Crippen MR) is 186 cm³/mol. The number of anilines is 5. The van der Waals surface area contributed by atoms with E-state index in [1.807, 2.05) is 12.1 Å². The first-order valence-corrected chi connectivity index (χ1v) is 15.3. The normalized spacial score (nSPS) is 14.5. The molecule has 1 heterocycles. The Kier molecular flexibility index (Phi) is 7.19. The van der Waals surface area contributed by atoms with E-state index in [2.05, 4.69) is 153 Å². The zero-order chi connectivity index (χ0) is 30.2. The van der Waals surface area contributed by atoms with Gasteiger partial charge in [0.1, 0.15) is 11.0 Å². The SMILES string of the molecule is CC1=CC=CCC1N(c1ccccc1C)c1ccc(N(c2ccccc2C)c2ccccc2C)c2nc3ccccc3nc12. The summed E-state index contributed by atoms with van der Waals surface area (Å²) < 4.78 is 0. The van der Waals surface area contributed by atoms with Crippen LogP contribution in [0.4, 0.5) is 28.4 Å². The maximum atomic E-state index is 5.38. The van der Waals surface area contributed by atoms with Gasteiger partial charge in [-0.15, -0.1) is 0 Å². The molecule has 1 aliphatic rings. The Hall–Kier alpha value is -5.22. The second-order valence-corrected chi connectivity index (χ2v) is 11.7. The topological polar surface area (TPSA) is 32.3 Å². The molecular formula is C40H36N4. The maximum absolute atomic E-state index is 5.38. The molecule has 4 nitrogen and oxygen atoms in total.